The number of aromatic nitrogens is 2. The number of nitrogens with zero attached hydrogens (tertiary/aromatic N) is 3. The van der Waals surface area contributed by atoms with Crippen LogP contribution < -0.4 is 10.6 Å². The maximum absolute atomic E-state index is 12.6. The average molecular weight is 484 g/mol. The van der Waals surface area contributed by atoms with E-state index in [0.717, 1.165) is 60.9 Å². The van der Waals surface area contributed by atoms with Crippen molar-refractivity contribution >= 4 is 23.4 Å². The highest BCUT2D eigenvalue weighted by atomic mass is 16.5. The fourth-order valence-electron chi connectivity index (χ4n) is 4.89. The van der Waals surface area contributed by atoms with E-state index in [1.165, 1.54) is 11.8 Å². The average Bonchev–Trinajstić information content (AvgIpc) is 3.14. The van der Waals surface area contributed by atoms with Crippen molar-refractivity contribution < 1.29 is 18.9 Å². The lowest BCUT2D eigenvalue weighted by atomic mass is 9.89. The fourth-order valence-corrected chi connectivity index (χ4v) is 4.89. The molecule has 1 aromatic carbocycles. The van der Waals surface area contributed by atoms with Crippen LogP contribution in [-0.2, 0) is 26.3 Å². The normalized spacial score (nSPS) is 15.2. The quantitative estimate of drug-likeness (QED) is 0.553. The van der Waals surface area contributed by atoms with E-state index >= 15 is 0 Å². The number of aryl methyl sites for hydroxylation is 4. The van der Waals surface area contributed by atoms with Crippen LogP contribution >= 0.6 is 0 Å². The highest BCUT2D eigenvalue weighted by Gasteiger charge is 2.38. The Kier molecular flexibility index (Phi) is 8.64. The van der Waals surface area contributed by atoms with E-state index in [2.05, 4.69) is 20.8 Å². The van der Waals surface area contributed by atoms with Crippen LogP contribution in [0, 0.1) is 20.8 Å². The predicted molar refractivity (Wildman–Crippen MR) is 133 cm³/mol. The molecule has 0 atom stereocenters. The molecular formula is C26H37N5O4. The molecule has 0 spiro atoms. The minimum atomic E-state index is -0.616. The van der Waals surface area contributed by atoms with Crippen LogP contribution in [0.5, 0.6) is 0 Å². The maximum Gasteiger partial charge on any atom is 0.243 e. The molecule has 3 rings (SSSR count). The Balaban J connectivity index is 1.56. The molecule has 35 heavy (non-hydrogen) atoms. The van der Waals surface area contributed by atoms with Crippen molar-refractivity contribution in [1.82, 2.24) is 20.4 Å². The summed E-state index contributed by atoms with van der Waals surface area (Å²) in [6, 6.07) is 4.03. The molecular weight excluding hydrogens is 446 g/mol. The molecule has 2 aromatic rings. The number of nitrogens with one attached hydrogen (secondary N) is 2. The third-order valence-corrected chi connectivity index (χ3v) is 6.57. The van der Waals surface area contributed by atoms with Crippen molar-refractivity contribution in [1.29, 1.82) is 0 Å². The summed E-state index contributed by atoms with van der Waals surface area (Å²) in [5.74, 6) is 0.272. The van der Waals surface area contributed by atoms with E-state index < -0.39 is 5.54 Å². The van der Waals surface area contributed by atoms with Gasteiger partial charge in [0.25, 0.3) is 0 Å². The number of rotatable bonds is 8. The SMILES string of the molecule is CC(=O)NC1(c2noc(CCC(=O)N(C)CC(=O)Nc3c(C)cc(C)cc3C)n2)CCCCCC1. The van der Waals surface area contributed by atoms with E-state index in [0.29, 0.717) is 11.7 Å². The first kappa shape index (κ1) is 26.4. The molecule has 1 aromatic heterocycles. The molecule has 0 bridgehead atoms. The lowest BCUT2D eigenvalue weighted by molar-refractivity contribution is -0.133. The molecule has 1 aliphatic carbocycles. The zero-order chi connectivity index (χ0) is 25.6. The van der Waals surface area contributed by atoms with Crippen molar-refractivity contribution in [3.05, 3.63) is 40.5 Å². The number of anilines is 1. The summed E-state index contributed by atoms with van der Waals surface area (Å²) in [7, 11) is 1.60. The number of likely N-dealkylation sites (N-methyl/N-ethyl adjacent to an activating group) is 1. The molecule has 190 valence electrons. The third-order valence-electron chi connectivity index (χ3n) is 6.57. The maximum atomic E-state index is 12.6. The second-order valence-corrected chi connectivity index (χ2v) is 9.76. The largest absolute Gasteiger partial charge is 0.343 e. The van der Waals surface area contributed by atoms with Gasteiger partial charge in [0.1, 0.15) is 5.54 Å². The molecule has 3 amide bonds. The molecule has 9 heteroatoms. The Bertz CT molecular complexity index is 1050. The van der Waals surface area contributed by atoms with Gasteiger partial charge in [-0.2, -0.15) is 4.98 Å². The van der Waals surface area contributed by atoms with Crippen molar-refractivity contribution in [3.8, 4) is 0 Å². The van der Waals surface area contributed by atoms with E-state index in [1.54, 1.807) is 7.05 Å². The van der Waals surface area contributed by atoms with Crippen LogP contribution in [0.15, 0.2) is 16.7 Å². The van der Waals surface area contributed by atoms with Gasteiger partial charge in [0.2, 0.25) is 23.6 Å². The second kappa shape index (κ2) is 11.5. The molecule has 2 N–H and O–H groups in total. The number of hydrogen-bond acceptors (Lipinski definition) is 6. The van der Waals surface area contributed by atoms with E-state index in [9.17, 15) is 14.4 Å². The summed E-state index contributed by atoms with van der Waals surface area (Å²) in [6.45, 7) is 7.37. The van der Waals surface area contributed by atoms with Crippen LogP contribution in [-0.4, -0.2) is 46.4 Å². The molecule has 0 radical (unpaired) electrons. The van der Waals surface area contributed by atoms with Crippen LogP contribution in [0.4, 0.5) is 5.69 Å². The summed E-state index contributed by atoms with van der Waals surface area (Å²) in [5.41, 5.74) is 3.28. The highest BCUT2D eigenvalue weighted by molar-refractivity contribution is 5.95. The van der Waals surface area contributed by atoms with E-state index in [4.69, 9.17) is 4.52 Å². The molecule has 1 aliphatic rings. The van der Waals surface area contributed by atoms with Crippen molar-refractivity contribution in [2.24, 2.45) is 0 Å². The highest BCUT2D eigenvalue weighted by Crippen LogP contribution is 2.34. The predicted octanol–water partition coefficient (Wildman–Crippen LogP) is 3.71. The summed E-state index contributed by atoms with van der Waals surface area (Å²) in [4.78, 5) is 43.0. The topological polar surface area (TPSA) is 117 Å². The van der Waals surface area contributed by atoms with Crippen molar-refractivity contribution in [3.63, 3.8) is 0 Å². The zero-order valence-electron chi connectivity index (χ0n) is 21.5. The molecule has 1 saturated carbocycles. The smallest absolute Gasteiger partial charge is 0.243 e. The summed E-state index contributed by atoms with van der Waals surface area (Å²) in [6.07, 6.45) is 6.14. The zero-order valence-corrected chi connectivity index (χ0v) is 21.5. The van der Waals surface area contributed by atoms with Gasteiger partial charge in [-0.1, -0.05) is 48.5 Å². The fraction of sp³-hybridized carbons (Fsp3) is 0.577. The van der Waals surface area contributed by atoms with Gasteiger partial charge in [0.15, 0.2) is 5.82 Å². The molecule has 1 fully saturated rings. The lowest BCUT2D eigenvalue weighted by Crippen LogP contribution is -2.45. The number of carbonyl (C=O) groups is 3. The van der Waals surface area contributed by atoms with Gasteiger partial charge in [-0.25, -0.2) is 0 Å². The Morgan fingerprint density at radius 3 is 2.29 bits per heavy atom. The van der Waals surface area contributed by atoms with Crippen LogP contribution in [0.1, 0.15) is 80.3 Å². The molecule has 1 heterocycles. The van der Waals surface area contributed by atoms with Gasteiger partial charge in [-0.15, -0.1) is 0 Å². The summed E-state index contributed by atoms with van der Waals surface area (Å²) < 4.78 is 5.43. The molecule has 0 saturated heterocycles. The Labute approximate surface area is 207 Å². The Morgan fingerprint density at radius 1 is 1.06 bits per heavy atom. The number of hydrogen-bond donors (Lipinski definition) is 2. The van der Waals surface area contributed by atoms with Gasteiger partial charge in [-0.3, -0.25) is 14.4 Å². The first-order valence-corrected chi connectivity index (χ1v) is 12.3. The first-order valence-electron chi connectivity index (χ1n) is 12.3. The van der Waals surface area contributed by atoms with Gasteiger partial charge in [0.05, 0.1) is 6.54 Å². The number of carbonyl (C=O) groups excluding carboxylic acids is 3. The first-order chi connectivity index (χ1) is 16.6. The Hall–Kier alpha value is -3.23. The van der Waals surface area contributed by atoms with Gasteiger partial charge < -0.3 is 20.1 Å². The van der Waals surface area contributed by atoms with Gasteiger partial charge >= 0.3 is 0 Å². The summed E-state index contributed by atoms with van der Waals surface area (Å²) >= 11 is 0. The monoisotopic (exact) mass is 483 g/mol. The van der Waals surface area contributed by atoms with Crippen LogP contribution in [0.3, 0.4) is 0 Å². The Morgan fingerprint density at radius 2 is 1.69 bits per heavy atom. The number of amides is 3. The van der Waals surface area contributed by atoms with E-state index in [1.807, 2.05) is 32.9 Å². The van der Waals surface area contributed by atoms with Crippen molar-refractivity contribution in [2.45, 2.75) is 84.6 Å². The standard InChI is InChI=1S/C26H37N5O4/c1-17-14-18(2)24(19(3)15-17)27-21(33)16-31(5)23(34)11-10-22-28-25(30-35-22)26(29-20(4)32)12-8-6-7-9-13-26/h14-15H,6-13,16H2,1-5H3,(H,27,33)(H,29,32). The molecule has 9 nitrogen and oxygen atoms in total. The molecule has 0 aliphatic heterocycles. The van der Waals surface area contributed by atoms with Gasteiger partial charge in [0, 0.05) is 32.5 Å². The lowest BCUT2D eigenvalue weighted by Gasteiger charge is -2.30. The van der Waals surface area contributed by atoms with Crippen LogP contribution in [0.2, 0.25) is 0 Å². The second-order valence-electron chi connectivity index (χ2n) is 9.76. The van der Waals surface area contributed by atoms with E-state index in [-0.39, 0.29) is 37.1 Å². The third kappa shape index (κ3) is 6.90. The van der Waals surface area contributed by atoms with Gasteiger partial charge in [-0.05, 0) is 44.7 Å². The number of benzene rings is 1. The minimum Gasteiger partial charge on any atom is -0.343 e. The molecule has 0 unspecified atom stereocenters. The van der Waals surface area contributed by atoms with Crippen LogP contribution in [0.25, 0.3) is 0 Å². The van der Waals surface area contributed by atoms with Crippen molar-refractivity contribution in [2.75, 3.05) is 18.9 Å². The minimum absolute atomic E-state index is 0.0493. The summed E-state index contributed by atoms with van der Waals surface area (Å²) in [5, 5.41) is 10.1.